The van der Waals surface area contributed by atoms with E-state index in [1.807, 2.05) is 13.8 Å². The average Bonchev–Trinajstić information content (AvgIpc) is 2.77. The minimum absolute atomic E-state index is 0.0129. The zero-order valence-corrected chi connectivity index (χ0v) is 16.8. The van der Waals surface area contributed by atoms with Crippen LogP contribution in [0.1, 0.15) is 80.6 Å². The van der Waals surface area contributed by atoms with Crippen molar-refractivity contribution in [1.82, 2.24) is 4.90 Å². The maximum absolute atomic E-state index is 12.5. The van der Waals surface area contributed by atoms with Crippen molar-refractivity contribution in [2.24, 2.45) is 17.3 Å². The molecule has 1 unspecified atom stereocenters. The minimum Gasteiger partial charge on any atom is -0.464 e. The third kappa shape index (κ3) is 8.19. The number of esters is 1. The molecule has 1 rings (SSSR count). The molecule has 0 aromatic rings. The molecule has 0 spiro atoms. The van der Waals surface area contributed by atoms with Crippen molar-refractivity contribution < 1.29 is 9.53 Å². The highest BCUT2D eigenvalue weighted by molar-refractivity contribution is 5.76. The lowest BCUT2D eigenvalue weighted by molar-refractivity contribution is -0.159. The fourth-order valence-corrected chi connectivity index (χ4v) is 3.19. The largest absolute Gasteiger partial charge is 0.464 e. The minimum atomic E-state index is -0.354. The molecule has 3 heteroatoms. The van der Waals surface area contributed by atoms with Gasteiger partial charge in [0.25, 0.3) is 0 Å². The van der Waals surface area contributed by atoms with Crippen LogP contribution in [0.5, 0.6) is 0 Å². The van der Waals surface area contributed by atoms with E-state index in [2.05, 4.69) is 39.5 Å². The maximum atomic E-state index is 12.5. The first-order chi connectivity index (χ1) is 10.9. The monoisotopic (exact) mass is 327 g/mol. The summed E-state index contributed by atoms with van der Waals surface area (Å²) in [6.45, 7) is 18.4. The summed E-state index contributed by atoms with van der Waals surface area (Å²) in [4.78, 5) is 15.0. The molecule has 0 aromatic carbocycles. The molecule has 0 bridgehead atoms. The highest BCUT2D eigenvalue weighted by atomic mass is 16.5. The number of ether oxygens (including phenoxy) is 1. The van der Waals surface area contributed by atoms with Gasteiger partial charge in [0.1, 0.15) is 6.61 Å². The number of likely N-dealkylation sites (tertiary alicyclic amines) is 1. The van der Waals surface area contributed by atoms with Gasteiger partial charge in [0.2, 0.25) is 0 Å². The topological polar surface area (TPSA) is 29.5 Å². The van der Waals surface area contributed by atoms with Crippen LogP contribution < -0.4 is 0 Å². The Labute approximate surface area is 145 Å². The third-order valence-electron chi connectivity index (χ3n) is 4.91. The van der Waals surface area contributed by atoms with Crippen molar-refractivity contribution in [3.8, 4) is 0 Å². The number of nitrogens with zero attached hydrogens (tertiary/aromatic N) is 1. The molecule has 0 radical (unpaired) electrons. The van der Waals surface area contributed by atoms with E-state index < -0.39 is 0 Å². The molecule has 0 aliphatic carbocycles. The van der Waals surface area contributed by atoms with Gasteiger partial charge in [-0.15, -0.1) is 0 Å². The number of carbonyl (C=O) groups is 1. The van der Waals surface area contributed by atoms with Crippen LogP contribution in [0.15, 0.2) is 0 Å². The van der Waals surface area contributed by atoms with Crippen LogP contribution in [0, 0.1) is 17.3 Å². The van der Waals surface area contributed by atoms with E-state index >= 15 is 0 Å². The Morgan fingerprint density at radius 1 is 1.04 bits per heavy atom. The number of hydrogen-bond acceptors (Lipinski definition) is 3. The van der Waals surface area contributed by atoms with E-state index in [1.54, 1.807) is 0 Å². The molecule has 3 nitrogen and oxygen atoms in total. The van der Waals surface area contributed by atoms with Crippen LogP contribution in [0.25, 0.3) is 0 Å². The van der Waals surface area contributed by atoms with Crippen LogP contribution >= 0.6 is 0 Å². The maximum Gasteiger partial charge on any atom is 0.312 e. The lowest BCUT2D eigenvalue weighted by Crippen LogP contribution is -2.38. The fraction of sp³-hybridized carbons (Fsp3) is 0.950. The van der Waals surface area contributed by atoms with Crippen molar-refractivity contribution in [3.63, 3.8) is 0 Å². The zero-order chi connectivity index (χ0) is 17.9. The molecule has 23 heavy (non-hydrogen) atoms. The second kappa shape index (κ2) is 11.9. The summed E-state index contributed by atoms with van der Waals surface area (Å²) >= 11 is 0. The number of hydrogen-bond donors (Lipinski definition) is 0. The van der Waals surface area contributed by atoms with Gasteiger partial charge in [0.15, 0.2) is 0 Å². The van der Waals surface area contributed by atoms with E-state index in [1.165, 1.54) is 25.7 Å². The Morgan fingerprint density at radius 2 is 1.57 bits per heavy atom. The van der Waals surface area contributed by atoms with E-state index in [4.69, 9.17) is 4.74 Å². The second-order valence-electron chi connectivity index (χ2n) is 7.56. The van der Waals surface area contributed by atoms with Gasteiger partial charge in [0.05, 0.1) is 5.41 Å². The van der Waals surface area contributed by atoms with Gasteiger partial charge in [-0.3, -0.25) is 9.69 Å². The number of rotatable bonds is 7. The Hall–Kier alpha value is -0.570. The first-order valence-electron chi connectivity index (χ1n) is 9.76. The van der Waals surface area contributed by atoms with Crippen LogP contribution in [-0.4, -0.2) is 37.1 Å². The molecular weight excluding hydrogens is 286 g/mol. The smallest absolute Gasteiger partial charge is 0.312 e. The molecule has 1 fully saturated rings. The predicted molar refractivity (Wildman–Crippen MR) is 99.6 cm³/mol. The Bertz CT molecular complexity index is 307. The van der Waals surface area contributed by atoms with Gasteiger partial charge >= 0.3 is 5.97 Å². The van der Waals surface area contributed by atoms with E-state index in [-0.39, 0.29) is 11.4 Å². The fourth-order valence-electron chi connectivity index (χ4n) is 3.19. The van der Waals surface area contributed by atoms with E-state index in [0.29, 0.717) is 18.4 Å². The Kier molecular flexibility index (Phi) is 11.6. The highest BCUT2D eigenvalue weighted by Crippen LogP contribution is 2.35. The first kappa shape index (κ1) is 22.4. The van der Waals surface area contributed by atoms with Crippen molar-refractivity contribution >= 4 is 5.97 Å². The van der Waals surface area contributed by atoms with Gasteiger partial charge in [-0.2, -0.15) is 0 Å². The van der Waals surface area contributed by atoms with Gasteiger partial charge in [0, 0.05) is 6.54 Å². The molecule has 1 atom stereocenters. The van der Waals surface area contributed by atoms with Gasteiger partial charge in [-0.1, -0.05) is 54.4 Å². The van der Waals surface area contributed by atoms with Crippen LogP contribution in [-0.2, 0) is 9.53 Å². The SMILES string of the molecule is CC.CC(C)CC(C)(C(=O)OCCN1CCCCCC1)C(C)C. The molecule has 1 aliphatic rings. The summed E-state index contributed by atoms with van der Waals surface area (Å²) in [5, 5.41) is 0. The van der Waals surface area contributed by atoms with Crippen molar-refractivity contribution in [2.75, 3.05) is 26.2 Å². The molecule has 0 N–H and O–H groups in total. The lowest BCUT2D eigenvalue weighted by atomic mass is 9.73. The van der Waals surface area contributed by atoms with Crippen molar-refractivity contribution in [3.05, 3.63) is 0 Å². The summed E-state index contributed by atoms with van der Waals surface area (Å²) in [5.74, 6) is 0.808. The normalized spacial score (nSPS) is 18.8. The van der Waals surface area contributed by atoms with E-state index in [9.17, 15) is 4.79 Å². The summed E-state index contributed by atoms with van der Waals surface area (Å²) in [6.07, 6.45) is 6.15. The van der Waals surface area contributed by atoms with Crippen LogP contribution in [0.4, 0.5) is 0 Å². The molecular formula is C20H41NO2. The predicted octanol–water partition coefficient (Wildman–Crippen LogP) is 5.14. The van der Waals surface area contributed by atoms with Gasteiger partial charge < -0.3 is 4.74 Å². The van der Waals surface area contributed by atoms with Crippen LogP contribution in [0.3, 0.4) is 0 Å². The summed E-state index contributed by atoms with van der Waals surface area (Å²) < 4.78 is 5.63. The van der Waals surface area contributed by atoms with Crippen molar-refractivity contribution in [1.29, 1.82) is 0 Å². The quantitative estimate of drug-likeness (QED) is 0.606. The highest BCUT2D eigenvalue weighted by Gasteiger charge is 2.38. The van der Waals surface area contributed by atoms with E-state index in [0.717, 1.165) is 26.1 Å². The summed E-state index contributed by atoms with van der Waals surface area (Å²) in [6, 6.07) is 0. The third-order valence-corrected chi connectivity index (χ3v) is 4.91. The molecule has 0 amide bonds. The lowest BCUT2D eigenvalue weighted by Gasteiger charge is -2.33. The molecule has 1 aliphatic heterocycles. The first-order valence-corrected chi connectivity index (χ1v) is 9.76. The molecule has 0 saturated carbocycles. The summed E-state index contributed by atoms with van der Waals surface area (Å²) in [5.41, 5.74) is -0.354. The second-order valence-corrected chi connectivity index (χ2v) is 7.56. The van der Waals surface area contributed by atoms with Crippen molar-refractivity contribution in [2.45, 2.75) is 80.6 Å². The zero-order valence-electron chi connectivity index (χ0n) is 16.8. The van der Waals surface area contributed by atoms with Gasteiger partial charge in [-0.05, 0) is 51.1 Å². The Balaban J connectivity index is 0.00000232. The summed E-state index contributed by atoms with van der Waals surface area (Å²) in [7, 11) is 0. The van der Waals surface area contributed by atoms with Crippen LogP contribution in [0.2, 0.25) is 0 Å². The molecule has 1 saturated heterocycles. The Morgan fingerprint density at radius 3 is 2.00 bits per heavy atom. The average molecular weight is 328 g/mol. The molecule has 138 valence electrons. The molecule has 0 aromatic heterocycles. The molecule has 1 heterocycles. The standard InChI is InChI=1S/C18H35NO2.C2H6/c1-15(2)14-18(5,16(3)4)17(20)21-13-12-19-10-8-6-7-9-11-19;1-2/h15-16H,6-14H2,1-5H3;1-2H3. The number of carbonyl (C=O) groups excluding carboxylic acids is 1. The van der Waals surface area contributed by atoms with Gasteiger partial charge in [-0.25, -0.2) is 0 Å².